The Morgan fingerprint density at radius 3 is 2.68 bits per heavy atom. The molecule has 1 aliphatic rings. The van der Waals surface area contributed by atoms with Gasteiger partial charge in [-0.2, -0.15) is 0 Å². The lowest BCUT2D eigenvalue weighted by atomic mass is 10.2. The number of halogens is 1. The van der Waals surface area contributed by atoms with Gasteiger partial charge in [-0.05, 0) is 48.4 Å². The lowest BCUT2D eigenvalue weighted by molar-refractivity contribution is 0.0951. The molecule has 2 aromatic heterocycles. The summed E-state index contributed by atoms with van der Waals surface area (Å²) < 4.78 is 25.2. The number of nitrogens with one attached hydrogen (secondary N) is 3. The zero-order valence-corrected chi connectivity index (χ0v) is 18.4. The normalized spacial score (nSPS) is 13.5. The Hall–Kier alpha value is -3.04. The van der Waals surface area contributed by atoms with E-state index < -0.39 is 10.0 Å². The minimum atomic E-state index is -3.42. The van der Waals surface area contributed by atoms with Gasteiger partial charge in [0.1, 0.15) is 0 Å². The van der Waals surface area contributed by atoms with Gasteiger partial charge in [0.15, 0.2) is 0 Å². The molecule has 1 saturated heterocycles. The molecular weight excluding hydrogens is 438 g/mol. The highest BCUT2D eigenvalue weighted by atomic mass is 35.5. The van der Waals surface area contributed by atoms with Crippen LogP contribution in [0.1, 0.15) is 22.3 Å². The van der Waals surface area contributed by atoms with Crippen LogP contribution in [0.5, 0.6) is 0 Å². The molecule has 1 amide bonds. The third-order valence-corrected chi connectivity index (χ3v) is 5.73. The second-order valence-corrected chi connectivity index (χ2v) is 9.63. The fourth-order valence-electron chi connectivity index (χ4n) is 3.29. The van der Waals surface area contributed by atoms with Crippen LogP contribution in [0.2, 0.25) is 5.02 Å². The molecule has 0 saturated carbocycles. The Morgan fingerprint density at radius 2 is 2.03 bits per heavy atom. The van der Waals surface area contributed by atoms with E-state index in [0.717, 1.165) is 36.4 Å². The van der Waals surface area contributed by atoms with Crippen LogP contribution in [-0.4, -0.2) is 43.6 Å². The minimum absolute atomic E-state index is 0.196. The second kappa shape index (κ2) is 8.60. The van der Waals surface area contributed by atoms with E-state index >= 15 is 0 Å². The average Bonchev–Trinajstić information content (AvgIpc) is 3.14. The van der Waals surface area contributed by atoms with Gasteiger partial charge in [-0.15, -0.1) is 0 Å². The maximum Gasteiger partial charge on any atom is 0.253 e. The number of rotatable bonds is 7. The summed E-state index contributed by atoms with van der Waals surface area (Å²) in [6, 6.07) is 10.5. The van der Waals surface area contributed by atoms with Crippen LogP contribution < -0.4 is 14.9 Å². The van der Waals surface area contributed by atoms with Crippen LogP contribution >= 0.6 is 11.6 Å². The molecule has 0 aliphatic carbocycles. The number of hydrogen-bond donors (Lipinski definition) is 3. The Kier molecular flexibility index (Phi) is 5.88. The van der Waals surface area contributed by atoms with Crippen molar-refractivity contribution in [2.24, 2.45) is 0 Å². The van der Waals surface area contributed by atoms with Crippen molar-refractivity contribution in [1.29, 1.82) is 0 Å². The van der Waals surface area contributed by atoms with Gasteiger partial charge in [0.25, 0.3) is 5.91 Å². The van der Waals surface area contributed by atoms with Crippen molar-refractivity contribution in [3.8, 4) is 11.4 Å². The number of hydrogen-bond acceptors (Lipinski definition) is 5. The van der Waals surface area contributed by atoms with Gasteiger partial charge >= 0.3 is 0 Å². The van der Waals surface area contributed by atoms with Crippen molar-refractivity contribution in [3.63, 3.8) is 0 Å². The summed E-state index contributed by atoms with van der Waals surface area (Å²) in [4.78, 5) is 22.4. The standard InChI is InChI=1S/C21H22ClN5O3S/c1-31(29,30)26-17-8-14(7-16(22)10-17)11-25-21(28)15-9-20(23-12-15)19-4-3-18(13-24-19)27-5-2-6-27/h3-4,7-10,12-13,23,26H,2,5-6,11H2,1H3,(H,25,28). The number of carbonyl (C=O) groups excluding carboxylic acids is 1. The van der Waals surface area contributed by atoms with Crippen molar-refractivity contribution in [2.45, 2.75) is 13.0 Å². The number of pyridine rings is 1. The quantitative estimate of drug-likeness (QED) is 0.502. The van der Waals surface area contributed by atoms with Crippen molar-refractivity contribution < 1.29 is 13.2 Å². The van der Waals surface area contributed by atoms with E-state index in [-0.39, 0.29) is 12.5 Å². The van der Waals surface area contributed by atoms with E-state index in [2.05, 4.69) is 24.9 Å². The number of benzene rings is 1. The number of aromatic amines is 1. The number of sulfonamides is 1. The van der Waals surface area contributed by atoms with Crippen LogP contribution in [0.15, 0.2) is 48.8 Å². The van der Waals surface area contributed by atoms with E-state index in [1.165, 1.54) is 12.5 Å². The Bertz CT molecular complexity index is 1200. The summed E-state index contributed by atoms with van der Waals surface area (Å²) in [6.45, 7) is 2.32. The van der Waals surface area contributed by atoms with Crippen LogP contribution in [0, 0.1) is 0 Å². The number of H-pyrrole nitrogens is 1. The number of anilines is 2. The molecule has 3 heterocycles. The molecule has 1 aliphatic heterocycles. The molecule has 0 unspecified atom stereocenters. The lowest BCUT2D eigenvalue weighted by Gasteiger charge is -2.32. The molecule has 0 atom stereocenters. The molecule has 8 nitrogen and oxygen atoms in total. The van der Waals surface area contributed by atoms with Gasteiger partial charge in [0.05, 0.1) is 40.8 Å². The number of nitrogens with zero attached hydrogens (tertiary/aromatic N) is 2. The fourth-order valence-corrected chi connectivity index (χ4v) is 4.09. The van der Waals surface area contributed by atoms with E-state index in [9.17, 15) is 13.2 Å². The zero-order chi connectivity index (χ0) is 22.0. The summed E-state index contributed by atoms with van der Waals surface area (Å²) in [6.07, 6.45) is 5.74. The largest absolute Gasteiger partial charge is 0.370 e. The predicted octanol–water partition coefficient (Wildman–Crippen LogP) is 3.24. The first kappa shape index (κ1) is 21.2. The zero-order valence-electron chi connectivity index (χ0n) is 16.9. The summed E-state index contributed by atoms with van der Waals surface area (Å²) in [7, 11) is -3.42. The molecule has 1 aromatic carbocycles. The van der Waals surface area contributed by atoms with Gasteiger partial charge in [-0.3, -0.25) is 14.5 Å². The SMILES string of the molecule is CS(=O)(=O)Nc1cc(Cl)cc(CNC(=O)c2c[nH]c(-c3ccc(N4CCC4)cn3)c2)c1. The maximum atomic E-state index is 12.5. The highest BCUT2D eigenvalue weighted by molar-refractivity contribution is 7.92. The van der Waals surface area contributed by atoms with Gasteiger partial charge in [0, 0.05) is 30.9 Å². The van der Waals surface area contributed by atoms with E-state index in [1.807, 2.05) is 18.3 Å². The Morgan fingerprint density at radius 1 is 1.23 bits per heavy atom. The maximum absolute atomic E-state index is 12.5. The first-order valence-electron chi connectivity index (χ1n) is 9.72. The lowest BCUT2D eigenvalue weighted by Crippen LogP contribution is -2.36. The molecule has 3 N–H and O–H groups in total. The van der Waals surface area contributed by atoms with Crippen molar-refractivity contribution in [2.75, 3.05) is 29.0 Å². The Labute approximate surface area is 185 Å². The summed E-state index contributed by atoms with van der Waals surface area (Å²) in [5.74, 6) is -0.266. The van der Waals surface area contributed by atoms with Crippen LogP contribution in [-0.2, 0) is 16.6 Å². The molecule has 162 valence electrons. The first-order valence-corrected chi connectivity index (χ1v) is 12.0. The number of carbonyl (C=O) groups is 1. The fraction of sp³-hybridized carbons (Fsp3) is 0.238. The molecule has 3 aromatic rings. The third kappa shape index (κ3) is 5.36. The molecule has 31 heavy (non-hydrogen) atoms. The van der Waals surface area contributed by atoms with Gasteiger partial charge in [-0.1, -0.05) is 11.6 Å². The average molecular weight is 460 g/mol. The molecular formula is C21H22ClN5O3S. The smallest absolute Gasteiger partial charge is 0.253 e. The molecule has 1 fully saturated rings. The molecule has 0 spiro atoms. The van der Waals surface area contributed by atoms with Crippen LogP contribution in [0.4, 0.5) is 11.4 Å². The molecule has 4 rings (SSSR count). The summed E-state index contributed by atoms with van der Waals surface area (Å²) in [5.41, 5.74) is 4.10. The van der Waals surface area contributed by atoms with E-state index in [4.69, 9.17) is 11.6 Å². The van der Waals surface area contributed by atoms with E-state index in [1.54, 1.807) is 24.4 Å². The second-order valence-electron chi connectivity index (χ2n) is 7.45. The highest BCUT2D eigenvalue weighted by Gasteiger charge is 2.15. The third-order valence-electron chi connectivity index (χ3n) is 4.90. The number of aromatic nitrogens is 2. The summed E-state index contributed by atoms with van der Waals surface area (Å²) in [5, 5.41) is 3.18. The van der Waals surface area contributed by atoms with Crippen molar-refractivity contribution >= 4 is 38.9 Å². The topological polar surface area (TPSA) is 107 Å². The van der Waals surface area contributed by atoms with Gasteiger partial charge < -0.3 is 15.2 Å². The van der Waals surface area contributed by atoms with Gasteiger partial charge in [0.2, 0.25) is 10.0 Å². The first-order chi connectivity index (χ1) is 14.8. The van der Waals surface area contributed by atoms with E-state index in [0.29, 0.717) is 21.8 Å². The van der Waals surface area contributed by atoms with Crippen molar-refractivity contribution in [3.05, 3.63) is 64.9 Å². The van der Waals surface area contributed by atoms with Crippen molar-refractivity contribution in [1.82, 2.24) is 15.3 Å². The highest BCUT2D eigenvalue weighted by Crippen LogP contribution is 2.24. The Balaban J connectivity index is 1.40. The predicted molar refractivity (Wildman–Crippen MR) is 122 cm³/mol. The number of amides is 1. The molecule has 0 bridgehead atoms. The van der Waals surface area contributed by atoms with Crippen LogP contribution in [0.25, 0.3) is 11.4 Å². The monoisotopic (exact) mass is 459 g/mol. The van der Waals surface area contributed by atoms with Crippen LogP contribution in [0.3, 0.4) is 0 Å². The molecule has 10 heteroatoms. The minimum Gasteiger partial charge on any atom is -0.370 e. The van der Waals surface area contributed by atoms with Gasteiger partial charge in [-0.25, -0.2) is 8.42 Å². The summed E-state index contributed by atoms with van der Waals surface area (Å²) >= 11 is 6.06. The molecule has 0 radical (unpaired) electrons.